The quantitative estimate of drug-likeness (QED) is 0.728. The van der Waals surface area contributed by atoms with Crippen LogP contribution >= 0.6 is 0 Å². The maximum atomic E-state index is 13.6. The van der Waals surface area contributed by atoms with Gasteiger partial charge >= 0.3 is 12.1 Å². The number of carboxylic acid groups (broad SMARTS) is 1. The minimum Gasteiger partial charge on any atom is -0.479 e. The molecule has 0 unspecified atom stereocenters. The number of rotatable bonds is 5. The van der Waals surface area contributed by atoms with Crippen LogP contribution in [0.3, 0.4) is 0 Å². The van der Waals surface area contributed by atoms with E-state index in [-0.39, 0.29) is 30.0 Å². The highest BCUT2D eigenvalue weighted by Gasteiger charge is 2.52. The van der Waals surface area contributed by atoms with E-state index in [4.69, 9.17) is 9.84 Å². The molecule has 3 atom stereocenters. The molecule has 2 aromatic carbocycles. The molecule has 2 fully saturated rings. The van der Waals surface area contributed by atoms with Crippen LogP contribution in [0.1, 0.15) is 54.1 Å². The van der Waals surface area contributed by atoms with Crippen molar-refractivity contribution in [1.29, 1.82) is 0 Å². The summed E-state index contributed by atoms with van der Waals surface area (Å²) in [6, 6.07) is 12.7. The van der Waals surface area contributed by atoms with Crippen molar-refractivity contribution in [3.8, 4) is 0 Å². The molecule has 3 aliphatic rings. The lowest BCUT2D eigenvalue weighted by atomic mass is 9.81. The molecule has 1 heterocycles. The van der Waals surface area contributed by atoms with Gasteiger partial charge < -0.3 is 14.7 Å². The lowest BCUT2D eigenvalue weighted by Crippen LogP contribution is -2.53. The molecule has 8 heteroatoms. The molecular weight excluding hydrogens is 427 g/mol. The van der Waals surface area contributed by atoms with Crippen molar-refractivity contribution in [1.82, 2.24) is 4.90 Å². The summed E-state index contributed by atoms with van der Waals surface area (Å²) in [4.78, 5) is 41.1. The molecule has 5 rings (SSSR count). The minimum atomic E-state index is -1.20. The van der Waals surface area contributed by atoms with Gasteiger partial charge in [0.1, 0.15) is 5.82 Å². The topological polar surface area (TPSA) is 87.2 Å². The fraction of sp³-hybridized carbons (Fsp3) is 0.400. The van der Waals surface area contributed by atoms with Crippen molar-refractivity contribution >= 4 is 23.7 Å². The highest BCUT2D eigenvalue weighted by Crippen LogP contribution is 2.52. The predicted octanol–water partition coefficient (Wildman–Crippen LogP) is 4.38. The predicted molar refractivity (Wildman–Crippen MR) is 117 cm³/mol. The Morgan fingerprint density at radius 2 is 1.76 bits per heavy atom. The molecular formula is C25H25FN2O5. The number of carbonyl (C=O) groups is 3. The third kappa shape index (κ3) is 3.94. The number of carboxylic acids is 1. The monoisotopic (exact) mass is 452 g/mol. The van der Waals surface area contributed by atoms with Crippen LogP contribution in [0.15, 0.2) is 48.5 Å². The van der Waals surface area contributed by atoms with Gasteiger partial charge in [0.15, 0.2) is 6.61 Å². The van der Waals surface area contributed by atoms with E-state index in [0.29, 0.717) is 5.56 Å². The second-order valence-corrected chi connectivity index (χ2v) is 8.93. The third-order valence-electron chi connectivity index (χ3n) is 6.86. The van der Waals surface area contributed by atoms with Crippen LogP contribution in [-0.4, -0.2) is 46.7 Å². The molecule has 2 aliphatic carbocycles. The zero-order valence-electron chi connectivity index (χ0n) is 18.0. The fourth-order valence-corrected chi connectivity index (χ4v) is 5.41. The molecule has 1 aliphatic heterocycles. The number of fused-ring (bicyclic) bond motifs is 2. The summed E-state index contributed by atoms with van der Waals surface area (Å²) in [5.74, 6) is -1.78. The Kier molecular flexibility index (Phi) is 5.52. The first kappa shape index (κ1) is 21.4. The van der Waals surface area contributed by atoms with Gasteiger partial charge in [0.25, 0.3) is 5.91 Å². The van der Waals surface area contributed by atoms with Crippen molar-refractivity contribution in [2.45, 2.75) is 50.2 Å². The first-order valence-corrected chi connectivity index (χ1v) is 11.3. The van der Waals surface area contributed by atoms with Gasteiger partial charge in [-0.1, -0.05) is 24.6 Å². The van der Waals surface area contributed by atoms with E-state index >= 15 is 0 Å². The SMILES string of the molecule is O=C(O)COC(=O)N(C1CC1)[C@H]1c2ccccc2N(C(=O)c2ccc(F)cc2)[C@@H]2CCC[C@@H]21. The Hall–Kier alpha value is -3.42. The smallest absolute Gasteiger partial charge is 0.411 e. The first-order chi connectivity index (χ1) is 16.0. The largest absolute Gasteiger partial charge is 0.479 e. The van der Waals surface area contributed by atoms with Crippen molar-refractivity contribution in [2.24, 2.45) is 5.92 Å². The summed E-state index contributed by atoms with van der Waals surface area (Å²) >= 11 is 0. The maximum Gasteiger partial charge on any atom is 0.411 e. The molecule has 0 aromatic heterocycles. The number of para-hydroxylation sites is 1. The zero-order valence-corrected chi connectivity index (χ0v) is 18.0. The van der Waals surface area contributed by atoms with Gasteiger partial charge in [-0.3, -0.25) is 9.69 Å². The van der Waals surface area contributed by atoms with Gasteiger partial charge in [0.2, 0.25) is 0 Å². The average Bonchev–Trinajstić information content (AvgIpc) is 3.53. The molecule has 0 spiro atoms. The van der Waals surface area contributed by atoms with Gasteiger partial charge in [-0.05, 0) is 61.6 Å². The van der Waals surface area contributed by atoms with Crippen molar-refractivity contribution in [3.05, 3.63) is 65.5 Å². The molecule has 7 nitrogen and oxygen atoms in total. The zero-order chi connectivity index (χ0) is 23.1. The average molecular weight is 452 g/mol. The Labute approximate surface area is 190 Å². The lowest BCUT2D eigenvalue weighted by Gasteiger charge is -2.47. The molecule has 1 N–H and O–H groups in total. The number of nitrogens with zero attached hydrogens (tertiary/aromatic N) is 2. The molecule has 2 aromatic rings. The Morgan fingerprint density at radius 1 is 1.03 bits per heavy atom. The van der Waals surface area contributed by atoms with Crippen LogP contribution < -0.4 is 4.90 Å². The fourth-order valence-electron chi connectivity index (χ4n) is 5.41. The normalized spacial score (nSPS) is 23.4. The molecule has 33 heavy (non-hydrogen) atoms. The number of benzene rings is 2. The number of hydrogen-bond acceptors (Lipinski definition) is 4. The van der Waals surface area contributed by atoms with Crippen LogP contribution in [0.4, 0.5) is 14.9 Å². The summed E-state index contributed by atoms with van der Waals surface area (Å²) in [5.41, 5.74) is 2.00. The van der Waals surface area contributed by atoms with E-state index in [1.165, 1.54) is 24.3 Å². The lowest BCUT2D eigenvalue weighted by molar-refractivity contribution is -0.140. The number of amides is 2. The second-order valence-electron chi connectivity index (χ2n) is 8.93. The van der Waals surface area contributed by atoms with Crippen LogP contribution in [0.25, 0.3) is 0 Å². The first-order valence-electron chi connectivity index (χ1n) is 11.3. The van der Waals surface area contributed by atoms with Gasteiger partial charge in [-0.15, -0.1) is 0 Å². The minimum absolute atomic E-state index is 0.00211. The number of anilines is 1. The van der Waals surface area contributed by atoms with Gasteiger partial charge in [0.05, 0.1) is 6.04 Å². The summed E-state index contributed by atoms with van der Waals surface area (Å²) in [7, 11) is 0. The van der Waals surface area contributed by atoms with E-state index in [9.17, 15) is 18.8 Å². The summed E-state index contributed by atoms with van der Waals surface area (Å²) in [5, 5.41) is 8.97. The Balaban J connectivity index is 1.55. The number of carbonyl (C=O) groups excluding carboxylic acids is 2. The van der Waals surface area contributed by atoms with Crippen molar-refractivity contribution in [3.63, 3.8) is 0 Å². The van der Waals surface area contributed by atoms with Crippen LogP contribution in [0.5, 0.6) is 0 Å². The summed E-state index contributed by atoms with van der Waals surface area (Å²) in [6.07, 6.45) is 3.61. The van der Waals surface area contributed by atoms with E-state index < -0.39 is 24.5 Å². The molecule has 0 radical (unpaired) electrons. The highest BCUT2D eigenvalue weighted by atomic mass is 19.1. The number of aliphatic carboxylic acids is 1. The number of ether oxygens (including phenoxy) is 1. The van der Waals surface area contributed by atoms with Crippen molar-refractivity contribution in [2.75, 3.05) is 11.5 Å². The second kappa shape index (κ2) is 8.50. The maximum absolute atomic E-state index is 13.6. The van der Waals surface area contributed by atoms with Gasteiger partial charge in [-0.2, -0.15) is 0 Å². The van der Waals surface area contributed by atoms with E-state index in [1.54, 1.807) is 4.90 Å². The van der Waals surface area contributed by atoms with E-state index in [1.807, 2.05) is 29.2 Å². The Bertz CT molecular complexity index is 1080. The molecule has 172 valence electrons. The summed E-state index contributed by atoms with van der Waals surface area (Å²) < 4.78 is 18.6. The molecule has 2 amide bonds. The van der Waals surface area contributed by atoms with Crippen LogP contribution in [-0.2, 0) is 9.53 Å². The van der Waals surface area contributed by atoms with Gasteiger partial charge in [-0.25, -0.2) is 14.0 Å². The standard InChI is InChI=1S/C25H25FN2O5/c26-16-10-8-15(9-11-16)24(31)28-20-6-2-1-4-18(20)23(19-5-3-7-21(19)28)27(17-12-13-17)25(32)33-14-22(29)30/h1-2,4,6,8-11,17,19,21,23H,3,5,7,12-14H2,(H,29,30)/t19-,21+,23-/m0/s1. The van der Waals surface area contributed by atoms with E-state index in [2.05, 4.69) is 0 Å². The van der Waals surface area contributed by atoms with Crippen molar-refractivity contribution < 1.29 is 28.6 Å². The summed E-state index contributed by atoms with van der Waals surface area (Å²) in [6.45, 7) is -0.681. The highest BCUT2D eigenvalue weighted by molar-refractivity contribution is 6.07. The Morgan fingerprint density at radius 3 is 2.45 bits per heavy atom. The van der Waals surface area contributed by atoms with E-state index in [0.717, 1.165) is 43.4 Å². The molecule has 2 saturated carbocycles. The van der Waals surface area contributed by atoms with Gasteiger partial charge in [0, 0.05) is 29.3 Å². The molecule has 0 saturated heterocycles. The molecule has 0 bridgehead atoms. The third-order valence-corrected chi connectivity index (χ3v) is 6.86. The van der Waals surface area contributed by atoms with Crippen LogP contribution in [0.2, 0.25) is 0 Å². The number of hydrogen-bond donors (Lipinski definition) is 1. The number of halogens is 1. The van der Waals surface area contributed by atoms with Crippen LogP contribution in [0, 0.1) is 11.7 Å².